The number of ether oxygens (including phenoxy) is 1. The standard InChI is InChI=1S/C30H32N4O5/c1-34-12-9-22(10-13-34)32-28(37)21-7-8-26-23(16-21)30(11-14-39-26)17-24(30)29(38)33-25-15-19(18-31)5-6-20(25)3-2-4-27(35)36/h2,4-8,15-16,22,24H,3,9-14,17H2,1H3,(H,32,37)(H,33,38)(H,35,36)/t24-,30-/m0/s1. The van der Waals surface area contributed by atoms with Crippen molar-refractivity contribution in [3.63, 3.8) is 0 Å². The molecule has 2 fully saturated rings. The van der Waals surface area contributed by atoms with Crippen LogP contribution >= 0.6 is 0 Å². The van der Waals surface area contributed by atoms with Crippen LogP contribution in [0.2, 0.25) is 0 Å². The summed E-state index contributed by atoms with van der Waals surface area (Å²) in [5.74, 6) is -0.921. The van der Waals surface area contributed by atoms with Crippen molar-refractivity contribution >= 4 is 23.5 Å². The van der Waals surface area contributed by atoms with E-state index in [0.29, 0.717) is 48.4 Å². The number of carboxylic acids is 1. The molecule has 1 saturated carbocycles. The quantitative estimate of drug-likeness (QED) is 0.470. The molecule has 2 heterocycles. The van der Waals surface area contributed by atoms with E-state index in [9.17, 15) is 19.6 Å². The van der Waals surface area contributed by atoms with Crippen molar-refractivity contribution in [2.24, 2.45) is 5.92 Å². The Labute approximate surface area is 227 Å². The molecule has 1 aliphatic carbocycles. The number of amides is 2. The van der Waals surface area contributed by atoms with Crippen molar-refractivity contribution in [2.45, 2.75) is 43.6 Å². The number of anilines is 1. The Morgan fingerprint density at radius 3 is 2.74 bits per heavy atom. The number of hydrogen-bond acceptors (Lipinski definition) is 6. The SMILES string of the molecule is CN1CCC(NC(=O)c2ccc3c(c2)[C@]2(CCO3)C[C@H]2C(=O)Nc2cc(C#N)ccc2CC=CC(=O)O)CC1. The van der Waals surface area contributed by atoms with Crippen molar-refractivity contribution in [1.29, 1.82) is 5.26 Å². The van der Waals surface area contributed by atoms with E-state index in [0.717, 1.165) is 43.1 Å². The first-order chi connectivity index (χ1) is 18.8. The van der Waals surface area contributed by atoms with E-state index < -0.39 is 11.4 Å². The third kappa shape index (κ3) is 5.66. The smallest absolute Gasteiger partial charge is 0.327 e. The molecule has 0 aromatic heterocycles. The number of aliphatic carboxylic acids is 1. The highest BCUT2D eigenvalue weighted by molar-refractivity contribution is 5.98. The Kier molecular flexibility index (Phi) is 7.40. The normalized spacial score (nSPS) is 22.5. The van der Waals surface area contributed by atoms with Crippen molar-refractivity contribution in [1.82, 2.24) is 10.2 Å². The molecular formula is C30H32N4O5. The topological polar surface area (TPSA) is 132 Å². The summed E-state index contributed by atoms with van der Waals surface area (Å²) < 4.78 is 5.89. The van der Waals surface area contributed by atoms with Gasteiger partial charge in [-0.3, -0.25) is 9.59 Å². The van der Waals surface area contributed by atoms with E-state index >= 15 is 0 Å². The number of carboxylic acid groups (broad SMARTS) is 1. The summed E-state index contributed by atoms with van der Waals surface area (Å²) >= 11 is 0. The number of nitrogens with zero attached hydrogens (tertiary/aromatic N) is 2. The molecule has 1 saturated heterocycles. The van der Waals surface area contributed by atoms with Crippen LogP contribution in [0.1, 0.15) is 52.7 Å². The molecular weight excluding hydrogens is 496 g/mol. The summed E-state index contributed by atoms with van der Waals surface area (Å²) in [4.78, 5) is 39.7. The maximum atomic E-state index is 13.5. The summed E-state index contributed by atoms with van der Waals surface area (Å²) in [6.45, 7) is 2.41. The van der Waals surface area contributed by atoms with E-state index in [1.165, 1.54) is 6.08 Å². The lowest BCUT2D eigenvalue weighted by Gasteiger charge is -2.30. The molecule has 3 aliphatic rings. The zero-order valence-electron chi connectivity index (χ0n) is 21.9. The molecule has 3 N–H and O–H groups in total. The molecule has 2 atom stereocenters. The van der Waals surface area contributed by atoms with E-state index in [1.807, 2.05) is 12.1 Å². The second kappa shape index (κ2) is 10.9. The second-order valence-corrected chi connectivity index (χ2v) is 10.7. The van der Waals surface area contributed by atoms with Crippen molar-refractivity contribution in [3.8, 4) is 11.8 Å². The number of nitriles is 1. The number of carbonyl (C=O) groups excluding carboxylic acids is 2. The molecule has 39 heavy (non-hydrogen) atoms. The lowest BCUT2D eigenvalue weighted by Crippen LogP contribution is -2.43. The molecule has 0 bridgehead atoms. The molecule has 9 heteroatoms. The zero-order chi connectivity index (χ0) is 27.6. The molecule has 1 spiro atoms. The van der Waals surface area contributed by atoms with Gasteiger partial charge in [0.05, 0.1) is 18.2 Å². The number of nitrogens with one attached hydrogen (secondary N) is 2. The number of carbonyl (C=O) groups is 3. The van der Waals surface area contributed by atoms with Crippen molar-refractivity contribution in [3.05, 3.63) is 70.8 Å². The van der Waals surface area contributed by atoms with Crippen LogP contribution < -0.4 is 15.4 Å². The molecule has 0 radical (unpaired) electrons. The molecule has 2 aromatic rings. The predicted molar refractivity (Wildman–Crippen MR) is 145 cm³/mol. The summed E-state index contributed by atoms with van der Waals surface area (Å²) in [7, 11) is 2.08. The molecule has 2 amide bonds. The van der Waals surface area contributed by atoms with Crippen LogP contribution in [0.5, 0.6) is 5.75 Å². The Morgan fingerprint density at radius 1 is 1.21 bits per heavy atom. The molecule has 2 aliphatic heterocycles. The Balaban J connectivity index is 1.33. The van der Waals surface area contributed by atoms with E-state index in [-0.39, 0.29) is 23.8 Å². The van der Waals surface area contributed by atoms with Gasteiger partial charge in [-0.1, -0.05) is 12.1 Å². The van der Waals surface area contributed by atoms with E-state index in [1.54, 1.807) is 24.3 Å². The highest BCUT2D eigenvalue weighted by atomic mass is 16.5. The molecule has 2 aromatic carbocycles. The minimum absolute atomic E-state index is 0.109. The van der Waals surface area contributed by atoms with Crippen LogP contribution in [0.15, 0.2) is 48.6 Å². The van der Waals surface area contributed by atoms with Crippen LogP contribution in [0.25, 0.3) is 0 Å². The number of rotatable bonds is 7. The van der Waals surface area contributed by atoms with Gasteiger partial charge in [0, 0.05) is 40.3 Å². The summed E-state index contributed by atoms with van der Waals surface area (Å²) in [6.07, 6.45) is 6.01. The van der Waals surface area contributed by atoms with Gasteiger partial charge < -0.3 is 25.4 Å². The third-order valence-electron chi connectivity index (χ3n) is 8.12. The lowest BCUT2D eigenvalue weighted by atomic mass is 9.86. The van der Waals surface area contributed by atoms with Gasteiger partial charge in [0.2, 0.25) is 5.91 Å². The van der Waals surface area contributed by atoms with Gasteiger partial charge in [0.25, 0.3) is 5.91 Å². The van der Waals surface area contributed by atoms with Gasteiger partial charge in [-0.2, -0.15) is 5.26 Å². The summed E-state index contributed by atoms with van der Waals surface area (Å²) in [5.41, 5.74) is 2.67. The van der Waals surface area contributed by atoms with Gasteiger partial charge in [-0.25, -0.2) is 4.79 Å². The molecule has 202 valence electrons. The highest BCUT2D eigenvalue weighted by Crippen LogP contribution is 2.61. The lowest BCUT2D eigenvalue weighted by molar-refractivity contribution is -0.131. The van der Waals surface area contributed by atoms with Crippen molar-refractivity contribution in [2.75, 3.05) is 32.1 Å². The first kappa shape index (κ1) is 26.4. The fourth-order valence-corrected chi connectivity index (χ4v) is 5.76. The second-order valence-electron chi connectivity index (χ2n) is 10.7. The zero-order valence-corrected chi connectivity index (χ0v) is 21.9. The number of hydrogen-bond donors (Lipinski definition) is 3. The number of allylic oxidation sites excluding steroid dienone is 1. The van der Waals surface area contributed by atoms with Gasteiger partial charge in [0.1, 0.15) is 5.75 Å². The Bertz CT molecular complexity index is 1370. The summed E-state index contributed by atoms with van der Waals surface area (Å²) in [6, 6.07) is 12.7. The van der Waals surface area contributed by atoms with E-state index in [2.05, 4.69) is 28.7 Å². The fourth-order valence-electron chi connectivity index (χ4n) is 5.76. The van der Waals surface area contributed by atoms with Crippen LogP contribution in [0.3, 0.4) is 0 Å². The van der Waals surface area contributed by atoms with Crippen molar-refractivity contribution < 1.29 is 24.2 Å². The number of fused-ring (bicyclic) bond motifs is 2. The highest BCUT2D eigenvalue weighted by Gasteiger charge is 2.61. The van der Waals surface area contributed by atoms with Gasteiger partial charge in [-0.15, -0.1) is 0 Å². The van der Waals surface area contributed by atoms with Crippen LogP contribution in [-0.4, -0.2) is 60.6 Å². The minimum atomic E-state index is -1.05. The maximum Gasteiger partial charge on any atom is 0.327 e. The Morgan fingerprint density at radius 2 is 2.00 bits per heavy atom. The summed E-state index contributed by atoms with van der Waals surface area (Å²) in [5, 5.41) is 24.4. The number of benzene rings is 2. The number of likely N-dealkylation sites (tertiary alicyclic amines) is 1. The van der Waals surface area contributed by atoms with Crippen LogP contribution in [0, 0.1) is 17.2 Å². The molecule has 5 rings (SSSR count). The predicted octanol–water partition coefficient (Wildman–Crippen LogP) is 3.24. The van der Waals surface area contributed by atoms with Crippen LogP contribution in [-0.2, 0) is 21.4 Å². The first-order valence-electron chi connectivity index (χ1n) is 13.3. The van der Waals surface area contributed by atoms with Gasteiger partial charge >= 0.3 is 5.97 Å². The molecule has 9 nitrogen and oxygen atoms in total. The van der Waals surface area contributed by atoms with E-state index in [4.69, 9.17) is 9.84 Å². The average Bonchev–Trinajstić information content (AvgIpc) is 3.65. The van der Waals surface area contributed by atoms with Crippen LogP contribution in [0.4, 0.5) is 5.69 Å². The van der Waals surface area contributed by atoms with Gasteiger partial charge in [0.15, 0.2) is 0 Å². The number of piperidine rings is 1. The maximum absolute atomic E-state index is 13.5. The average molecular weight is 529 g/mol. The Hall–Kier alpha value is -4.16. The minimum Gasteiger partial charge on any atom is -0.493 e. The van der Waals surface area contributed by atoms with Gasteiger partial charge in [-0.05, 0) is 88.1 Å². The fraction of sp³-hybridized carbons (Fsp3) is 0.400. The first-order valence-corrected chi connectivity index (χ1v) is 13.3. The monoisotopic (exact) mass is 528 g/mol. The third-order valence-corrected chi connectivity index (χ3v) is 8.12. The molecule has 0 unspecified atom stereocenters. The largest absolute Gasteiger partial charge is 0.493 e.